The molecule has 0 saturated carbocycles. The van der Waals surface area contributed by atoms with Gasteiger partial charge in [0, 0.05) is 29.3 Å². The maximum Gasteiger partial charge on any atom is 0.240 e. The number of aromatic amines is 1. The summed E-state index contributed by atoms with van der Waals surface area (Å²) >= 11 is 3.40. The average Bonchev–Trinajstić information content (AvgIpc) is 3.37. The van der Waals surface area contributed by atoms with E-state index in [-0.39, 0.29) is 12.6 Å². The van der Waals surface area contributed by atoms with Crippen LogP contribution in [0.25, 0.3) is 0 Å². The zero-order valence-corrected chi connectivity index (χ0v) is 17.0. The van der Waals surface area contributed by atoms with Gasteiger partial charge in [-0.05, 0) is 30.5 Å². The monoisotopic (exact) mass is 449 g/mol. The van der Waals surface area contributed by atoms with Crippen LogP contribution in [-0.4, -0.2) is 52.0 Å². The predicted molar refractivity (Wildman–Crippen MR) is 107 cm³/mol. The maximum atomic E-state index is 13.0. The molecule has 0 aliphatic carbocycles. The fourth-order valence-electron chi connectivity index (χ4n) is 3.30. The number of amides is 2. The summed E-state index contributed by atoms with van der Waals surface area (Å²) in [5, 5.41) is 3.15. The van der Waals surface area contributed by atoms with Crippen molar-refractivity contribution in [2.45, 2.75) is 38.0 Å². The van der Waals surface area contributed by atoms with E-state index in [1.807, 2.05) is 24.3 Å². The number of likely N-dealkylation sites (tertiary alicyclic amines) is 1. The summed E-state index contributed by atoms with van der Waals surface area (Å²) in [4.78, 5) is 33.3. The standard InChI is InChI=1S/C19H24BrN5O3/c20-14-5-3-13(4-6-14)10-28-12-24-16(8-15-9-22-11-23-15)19(27)25-7-1-2-17(25)18(21)26/h3-6,9,11,16-17,24H,1-2,7-8,10,12H2,(H2,21,26)(H,22,23)/t16-,17-/m0/s1. The van der Waals surface area contributed by atoms with Gasteiger partial charge in [-0.15, -0.1) is 0 Å². The highest BCUT2D eigenvalue weighted by Crippen LogP contribution is 2.19. The van der Waals surface area contributed by atoms with Crippen molar-refractivity contribution in [1.82, 2.24) is 20.2 Å². The van der Waals surface area contributed by atoms with Gasteiger partial charge in [0.1, 0.15) is 6.04 Å². The van der Waals surface area contributed by atoms with Crippen LogP contribution in [0.3, 0.4) is 0 Å². The Kier molecular flexibility index (Phi) is 7.18. The molecule has 28 heavy (non-hydrogen) atoms. The number of hydrogen-bond donors (Lipinski definition) is 3. The molecule has 1 aromatic carbocycles. The molecule has 0 spiro atoms. The van der Waals surface area contributed by atoms with Crippen LogP contribution in [0.5, 0.6) is 0 Å². The third kappa shape index (κ3) is 5.40. The second kappa shape index (κ2) is 9.81. The van der Waals surface area contributed by atoms with E-state index >= 15 is 0 Å². The summed E-state index contributed by atoms with van der Waals surface area (Å²) in [6.07, 6.45) is 5.06. The van der Waals surface area contributed by atoms with Crippen LogP contribution in [0.15, 0.2) is 41.3 Å². The SMILES string of the molecule is NC(=O)[C@@H]1CCCN1C(=O)[C@H](Cc1cnc[nH]1)NCOCc1ccc(Br)cc1. The van der Waals surface area contributed by atoms with Crippen molar-refractivity contribution in [2.75, 3.05) is 13.3 Å². The summed E-state index contributed by atoms with van der Waals surface area (Å²) < 4.78 is 6.69. The minimum absolute atomic E-state index is 0.150. The fraction of sp³-hybridized carbons (Fsp3) is 0.421. The number of ether oxygens (including phenoxy) is 1. The van der Waals surface area contributed by atoms with Crippen LogP contribution in [0.2, 0.25) is 0 Å². The Hall–Kier alpha value is -2.23. The van der Waals surface area contributed by atoms with Gasteiger partial charge in [-0.3, -0.25) is 14.9 Å². The first-order valence-electron chi connectivity index (χ1n) is 9.17. The molecule has 2 aromatic rings. The molecule has 0 bridgehead atoms. The second-order valence-corrected chi connectivity index (χ2v) is 7.66. The minimum atomic E-state index is -0.540. The van der Waals surface area contributed by atoms with Gasteiger partial charge in [0.25, 0.3) is 0 Å². The molecule has 0 radical (unpaired) electrons. The second-order valence-electron chi connectivity index (χ2n) is 6.75. The third-order valence-corrected chi connectivity index (χ3v) is 5.28. The molecule has 2 heterocycles. The van der Waals surface area contributed by atoms with Gasteiger partial charge in [-0.25, -0.2) is 4.98 Å². The Morgan fingerprint density at radius 2 is 2.18 bits per heavy atom. The number of nitrogens with two attached hydrogens (primary N) is 1. The molecule has 1 aliphatic rings. The van der Waals surface area contributed by atoms with Crippen molar-refractivity contribution in [3.63, 3.8) is 0 Å². The molecule has 3 rings (SSSR count). The van der Waals surface area contributed by atoms with Crippen molar-refractivity contribution < 1.29 is 14.3 Å². The number of nitrogens with one attached hydrogen (secondary N) is 2. The summed E-state index contributed by atoms with van der Waals surface area (Å²) in [5.74, 6) is -0.610. The van der Waals surface area contributed by atoms with E-state index in [2.05, 4.69) is 31.2 Å². The number of benzene rings is 1. The molecule has 4 N–H and O–H groups in total. The van der Waals surface area contributed by atoms with E-state index in [9.17, 15) is 9.59 Å². The van der Waals surface area contributed by atoms with E-state index in [0.717, 1.165) is 22.2 Å². The predicted octanol–water partition coefficient (Wildman–Crippen LogP) is 1.32. The Balaban J connectivity index is 1.59. The zero-order chi connectivity index (χ0) is 19.9. The van der Waals surface area contributed by atoms with Crippen molar-refractivity contribution in [1.29, 1.82) is 0 Å². The highest BCUT2D eigenvalue weighted by atomic mass is 79.9. The lowest BCUT2D eigenvalue weighted by molar-refractivity contribution is -0.139. The minimum Gasteiger partial charge on any atom is -0.368 e. The average molecular weight is 450 g/mol. The van der Waals surface area contributed by atoms with Crippen molar-refractivity contribution in [3.05, 3.63) is 52.5 Å². The molecule has 150 valence electrons. The van der Waals surface area contributed by atoms with Crippen LogP contribution in [-0.2, 0) is 27.4 Å². The Labute approximate surface area is 172 Å². The van der Waals surface area contributed by atoms with Crippen molar-refractivity contribution >= 4 is 27.7 Å². The highest BCUT2D eigenvalue weighted by molar-refractivity contribution is 9.10. The number of rotatable bonds is 9. The molecule has 2 amide bonds. The van der Waals surface area contributed by atoms with E-state index < -0.39 is 18.0 Å². The normalized spacial score (nSPS) is 17.6. The van der Waals surface area contributed by atoms with Crippen LogP contribution >= 0.6 is 15.9 Å². The first-order valence-corrected chi connectivity index (χ1v) is 9.96. The number of carbonyl (C=O) groups is 2. The molecular weight excluding hydrogens is 426 g/mol. The Morgan fingerprint density at radius 1 is 1.39 bits per heavy atom. The van der Waals surface area contributed by atoms with Gasteiger partial charge in [0.05, 0.1) is 25.7 Å². The first-order chi connectivity index (χ1) is 13.5. The summed E-state index contributed by atoms with van der Waals surface area (Å²) in [6, 6.07) is 6.77. The van der Waals surface area contributed by atoms with Gasteiger partial charge in [-0.1, -0.05) is 28.1 Å². The number of halogens is 1. The van der Waals surface area contributed by atoms with E-state index in [4.69, 9.17) is 10.5 Å². The van der Waals surface area contributed by atoms with Gasteiger partial charge >= 0.3 is 0 Å². The lowest BCUT2D eigenvalue weighted by Crippen LogP contribution is -2.52. The summed E-state index contributed by atoms with van der Waals surface area (Å²) in [6.45, 7) is 1.17. The van der Waals surface area contributed by atoms with Crippen LogP contribution in [0.1, 0.15) is 24.1 Å². The first kappa shape index (κ1) is 20.5. The van der Waals surface area contributed by atoms with Crippen molar-refractivity contribution in [2.24, 2.45) is 5.73 Å². The molecule has 1 fully saturated rings. The fourth-order valence-corrected chi connectivity index (χ4v) is 3.56. The number of nitrogens with zero attached hydrogens (tertiary/aromatic N) is 2. The largest absolute Gasteiger partial charge is 0.368 e. The lowest BCUT2D eigenvalue weighted by atomic mass is 10.1. The van der Waals surface area contributed by atoms with E-state index in [1.165, 1.54) is 0 Å². The smallest absolute Gasteiger partial charge is 0.240 e. The zero-order valence-electron chi connectivity index (χ0n) is 15.4. The number of aromatic nitrogens is 2. The summed E-state index contributed by atoms with van der Waals surface area (Å²) in [7, 11) is 0. The molecule has 0 unspecified atom stereocenters. The number of hydrogen-bond acceptors (Lipinski definition) is 5. The number of imidazole rings is 1. The molecule has 1 aliphatic heterocycles. The van der Waals surface area contributed by atoms with Crippen LogP contribution in [0, 0.1) is 0 Å². The number of primary amides is 1. The van der Waals surface area contributed by atoms with E-state index in [0.29, 0.717) is 26.0 Å². The third-order valence-electron chi connectivity index (χ3n) is 4.76. The summed E-state index contributed by atoms with van der Waals surface area (Å²) in [5.41, 5.74) is 7.33. The van der Waals surface area contributed by atoms with Crippen LogP contribution in [0.4, 0.5) is 0 Å². The molecule has 1 aromatic heterocycles. The van der Waals surface area contributed by atoms with Gasteiger partial charge in [0.2, 0.25) is 11.8 Å². The molecule has 9 heteroatoms. The van der Waals surface area contributed by atoms with Gasteiger partial charge in [-0.2, -0.15) is 0 Å². The maximum absolute atomic E-state index is 13.0. The topological polar surface area (TPSA) is 113 Å². The molecular formula is C19H24BrN5O3. The number of carbonyl (C=O) groups excluding carboxylic acids is 2. The van der Waals surface area contributed by atoms with Crippen molar-refractivity contribution in [3.8, 4) is 0 Å². The quantitative estimate of drug-likeness (QED) is 0.394. The Bertz CT molecular complexity index is 781. The molecule has 8 nitrogen and oxygen atoms in total. The molecule has 1 saturated heterocycles. The van der Waals surface area contributed by atoms with Crippen LogP contribution < -0.4 is 11.1 Å². The lowest BCUT2D eigenvalue weighted by Gasteiger charge is -2.27. The number of H-pyrrole nitrogens is 1. The van der Waals surface area contributed by atoms with E-state index in [1.54, 1.807) is 17.4 Å². The van der Waals surface area contributed by atoms with Gasteiger partial charge < -0.3 is 20.4 Å². The molecule has 2 atom stereocenters. The Morgan fingerprint density at radius 3 is 2.86 bits per heavy atom. The van der Waals surface area contributed by atoms with Gasteiger partial charge in [0.15, 0.2) is 0 Å². The highest BCUT2D eigenvalue weighted by Gasteiger charge is 2.36.